The number of aromatic hydroxyl groups is 1. The van der Waals surface area contributed by atoms with Crippen molar-refractivity contribution in [3.8, 4) is 22.6 Å². The molecule has 0 saturated carbocycles. The molecule has 3 aliphatic rings. The number of allylic oxidation sites excluding steroid dienone is 1. The summed E-state index contributed by atoms with van der Waals surface area (Å²) in [6.07, 6.45) is 0.234. The number of primary amides is 1. The van der Waals surface area contributed by atoms with Crippen molar-refractivity contribution in [3.05, 3.63) is 64.1 Å². The Morgan fingerprint density at radius 3 is 2.24 bits per heavy atom. The maximum absolute atomic E-state index is 14.2. The Bertz CT molecular complexity index is 1560. The van der Waals surface area contributed by atoms with Gasteiger partial charge in [0.1, 0.15) is 28.6 Å². The van der Waals surface area contributed by atoms with Gasteiger partial charge in [0.2, 0.25) is 5.78 Å². The van der Waals surface area contributed by atoms with Crippen molar-refractivity contribution >= 4 is 23.2 Å². The Morgan fingerprint density at radius 2 is 1.71 bits per heavy atom. The predicted octanol–water partition coefficient (Wildman–Crippen LogP) is 1.86. The van der Waals surface area contributed by atoms with Crippen molar-refractivity contribution in [2.45, 2.75) is 24.5 Å². The summed E-state index contributed by atoms with van der Waals surface area (Å²) in [5.74, 6) is -6.16. The van der Waals surface area contributed by atoms with Gasteiger partial charge in [0.25, 0.3) is 5.91 Å². The van der Waals surface area contributed by atoms with Gasteiger partial charge in [0.15, 0.2) is 11.4 Å². The molecule has 3 aliphatic carbocycles. The van der Waals surface area contributed by atoms with E-state index in [1.807, 2.05) is 19.0 Å². The molecule has 41 heavy (non-hydrogen) atoms. The number of nitrogens with zero attached hydrogens (tertiary/aromatic N) is 2. The molecule has 11 nitrogen and oxygen atoms in total. The van der Waals surface area contributed by atoms with Crippen LogP contribution < -0.4 is 15.4 Å². The van der Waals surface area contributed by atoms with E-state index in [0.29, 0.717) is 28.1 Å². The highest BCUT2D eigenvalue weighted by Gasteiger charge is 2.63. The van der Waals surface area contributed by atoms with Crippen molar-refractivity contribution in [1.82, 2.24) is 4.90 Å². The summed E-state index contributed by atoms with van der Waals surface area (Å²) in [6.45, 7) is 0. The van der Waals surface area contributed by atoms with Crippen molar-refractivity contribution in [3.63, 3.8) is 0 Å². The highest BCUT2D eigenvalue weighted by atomic mass is 16.5. The summed E-state index contributed by atoms with van der Waals surface area (Å²) in [4.78, 5) is 43.2. The van der Waals surface area contributed by atoms with Gasteiger partial charge in [-0.25, -0.2) is 0 Å². The normalized spacial score (nSPS) is 25.6. The van der Waals surface area contributed by atoms with Gasteiger partial charge in [-0.2, -0.15) is 0 Å². The van der Waals surface area contributed by atoms with E-state index in [1.54, 1.807) is 44.4 Å². The summed E-state index contributed by atoms with van der Waals surface area (Å²) >= 11 is 0. The fraction of sp³-hybridized carbons (Fsp3) is 0.367. The molecule has 0 fully saturated rings. The number of phenolic OH excluding ortho intramolecular Hbond substituents is 1. The van der Waals surface area contributed by atoms with Crippen LogP contribution in [0.15, 0.2) is 53.0 Å². The summed E-state index contributed by atoms with van der Waals surface area (Å²) in [6, 6.07) is 7.68. The number of carbonyl (C=O) groups excluding carboxylic acids is 3. The predicted molar refractivity (Wildman–Crippen MR) is 150 cm³/mol. The first-order valence-corrected chi connectivity index (χ1v) is 13.1. The summed E-state index contributed by atoms with van der Waals surface area (Å²) < 4.78 is 5.23. The second kappa shape index (κ2) is 9.64. The average Bonchev–Trinajstić information content (AvgIpc) is 2.90. The summed E-state index contributed by atoms with van der Waals surface area (Å²) in [5.41, 5.74) is 3.87. The molecule has 5 rings (SSSR count). The van der Waals surface area contributed by atoms with E-state index in [2.05, 4.69) is 0 Å². The number of hydrogen-bond donors (Lipinski definition) is 5. The number of methoxy groups -OCH3 is 1. The van der Waals surface area contributed by atoms with E-state index in [1.165, 1.54) is 12.0 Å². The Labute approximate surface area is 236 Å². The third kappa shape index (κ3) is 3.91. The van der Waals surface area contributed by atoms with Crippen LogP contribution in [0.3, 0.4) is 0 Å². The molecule has 216 valence electrons. The molecule has 0 bridgehead atoms. The van der Waals surface area contributed by atoms with E-state index >= 15 is 0 Å². The average molecular weight is 564 g/mol. The van der Waals surface area contributed by atoms with Gasteiger partial charge in [0, 0.05) is 36.8 Å². The zero-order valence-electron chi connectivity index (χ0n) is 23.4. The zero-order valence-corrected chi connectivity index (χ0v) is 23.4. The molecule has 1 amide bonds. The Kier molecular flexibility index (Phi) is 6.62. The minimum atomic E-state index is -2.68. The molecule has 0 saturated heterocycles. The van der Waals surface area contributed by atoms with Gasteiger partial charge in [-0.3, -0.25) is 19.3 Å². The number of likely N-dealkylation sites (N-methyl/N-ethyl adjacent to an activating group) is 1. The van der Waals surface area contributed by atoms with Gasteiger partial charge < -0.3 is 35.8 Å². The Balaban J connectivity index is 1.74. The third-order valence-electron chi connectivity index (χ3n) is 8.58. The standard InChI is InChI=1S/C30H33N3O8/c1-32(2)19-12-16(13-6-8-15(41-5)9-7-13)24(34)21-17(19)10-14-11-18-23(33(3)4)26(36)22(29(31)39)28(38)30(18,40)27(37)20(14)25(21)35/h6-9,12,14,18,23,34,36-37,40H,10-11H2,1-5H3,(H2,31,39)/t14-,18-,23-,30-/m1/s1. The van der Waals surface area contributed by atoms with Crippen LogP contribution in [-0.2, 0) is 16.0 Å². The number of aliphatic hydroxyl groups is 3. The molecule has 0 heterocycles. The molecule has 4 atom stereocenters. The van der Waals surface area contributed by atoms with Gasteiger partial charge >= 0.3 is 0 Å². The second-order valence-corrected chi connectivity index (χ2v) is 11.2. The number of amides is 1. The Morgan fingerprint density at radius 1 is 1.07 bits per heavy atom. The van der Waals surface area contributed by atoms with Gasteiger partial charge in [-0.1, -0.05) is 12.1 Å². The molecule has 0 unspecified atom stereocenters. The molecule has 11 heteroatoms. The topological polar surface area (TPSA) is 174 Å². The molecule has 0 spiro atoms. The van der Waals surface area contributed by atoms with E-state index in [4.69, 9.17) is 10.5 Å². The molecular formula is C30H33N3O8. The largest absolute Gasteiger partial charge is 0.510 e. The summed E-state index contributed by atoms with van der Waals surface area (Å²) in [5, 5.41) is 45.7. The number of carbonyl (C=O) groups is 3. The quantitative estimate of drug-likeness (QED) is 0.338. The van der Waals surface area contributed by atoms with Crippen LogP contribution in [0.4, 0.5) is 5.69 Å². The lowest BCUT2D eigenvalue weighted by Crippen LogP contribution is -2.63. The maximum Gasteiger partial charge on any atom is 0.255 e. The smallest absolute Gasteiger partial charge is 0.255 e. The van der Waals surface area contributed by atoms with Crippen molar-refractivity contribution < 1.29 is 39.5 Å². The zero-order chi connectivity index (χ0) is 30.1. The van der Waals surface area contributed by atoms with E-state index in [0.717, 1.165) is 0 Å². The van der Waals surface area contributed by atoms with E-state index in [-0.39, 0.29) is 29.7 Å². The number of nitrogens with two attached hydrogens (primary N) is 1. The monoisotopic (exact) mass is 563 g/mol. The summed E-state index contributed by atoms with van der Waals surface area (Å²) in [7, 11) is 8.35. The van der Waals surface area contributed by atoms with Crippen LogP contribution in [0.25, 0.3) is 11.1 Å². The SMILES string of the molecule is COc1ccc(-c2cc(N(C)C)c3c(c2O)C(=O)C2=C(O)[C@@]4(O)C(=O)C(C(N)=O)=C(O)[C@H](N(C)C)[C@H]4C[C@H]2C3)cc1. The number of Topliss-reactive ketones (excluding diaryl/α,β-unsaturated/α-hetero) is 2. The van der Waals surface area contributed by atoms with Crippen LogP contribution >= 0.6 is 0 Å². The first-order valence-electron chi connectivity index (χ1n) is 13.1. The molecule has 2 aromatic rings. The fourth-order valence-corrected chi connectivity index (χ4v) is 6.69. The number of ether oxygens (including phenoxy) is 1. The number of phenols is 1. The first-order chi connectivity index (χ1) is 19.2. The molecule has 0 aliphatic heterocycles. The minimum absolute atomic E-state index is 0.0274. The second-order valence-electron chi connectivity index (χ2n) is 11.2. The van der Waals surface area contributed by atoms with Crippen molar-refractivity contribution in [2.75, 3.05) is 40.2 Å². The Hall–Kier alpha value is -4.35. The number of fused-ring (bicyclic) bond motifs is 3. The number of rotatable bonds is 5. The lowest BCUT2D eigenvalue weighted by Gasteiger charge is -2.50. The van der Waals surface area contributed by atoms with Crippen LogP contribution in [0.1, 0.15) is 22.3 Å². The fourth-order valence-electron chi connectivity index (χ4n) is 6.69. The van der Waals surface area contributed by atoms with Crippen LogP contribution in [0.5, 0.6) is 11.5 Å². The van der Waals surface area contributed by atoms with Crippen molar-refractivity contribution in [1.29, 1.82) is 0 Å². The van der Waals surface area contributed by atoms with Gasteiger partial charge in [0.05, 0.1) is 18.7 Å². The molecule has 6 N–H and O–H groups in total. The lowest BCUT2D eigenvalue weighted by molar-refractivity contribution is -0.148. The maximum atomic E-state index is 14.2. The molecular weight excluding hydrogens is 530 g/mol. The number of ketones is 2. The third-order valence-corrected chi connectivity index (χ3v) is 8.58. The van der Waals surface area contributed by atoms with E-state index in [9.17, 15) is 34.8 Å². The van der Waals surface area contributed by atoms with E-state index < -0.39 is 58.0 Å². The first kappa shape index (κ1) is 28.2. The highest BCUT2D eigenvalue weighted by molar-refractivity contribution is 6.25. The van der Waals surface area contributed by atoms with Crippen LogP contribution in [-0.4, -0.2) is 89.7 Å². The van der Waals surface area contributed by atoms with Gasteiger partial charge in [-0.15, -0.1) is 0 Å². The number of benzene rings is 2. The number of aliphatic hydroxyl groups excluding tert-OH is 2. The highest BCUT2D eigenvalue weighted by Crippen LogP contribution is 2.54. The lowest BCUT2D eigenvalue weighted by atomic mass is 9.58. The van der Waals surface area contributed by atoms with Crippen LogP contribution in [0, 0.1) is 11.8 Å². The number of hydrogen-bond acceptors (Lipinski definition) is 10. The van der Waals surface area contributed by atoms with Crippen molar-refractivity contribution in [2.24, 2.45) is 17.6 Å². The van der Waals surface area contributed by atoms with Gasteiger partial charge in [-0.05, 0) is 62.2 Å². The van der Waals surface area contributed by atoms with Crippen LogP contribution in [0.2, 0.25) is 0 Å². The molecule has 0 aromatic heterocycles. The molecule has 0 radical (unpaired) electrons. The number of anilines is 1. The minimum Gasteiger partial charge on any atom is -0.510 e. The molecule has 2 aromatic carbocycles.